The van der Waals surface area contributed by atoms with Crippen LogP contribution in [0.2, 0.25) is 0 Å². The van der Waals surface area contributed by atoms with E-state index in [0.717, 1.165) is 12.0 Å². The summed E-state index contributed by atoms with van der Waals surface area (Å²) in [6, 6.07) is 9.47. The maximum Gasteiger partial charge on any atom is 0.241 e. The third-order valence-corrected chi connectivity index (χ3v) is 6.05. The molecular formula is C15H20N2O3S. The summed E-state index contributed by atoms with van der Waals surface area (Å²) in [5.74, 6) is 0.395. The Morgan fingerprint density at radius 1 is 1.24 bits per heavy atom. The van der Waals surface area contributed by atoms with Gasteiger partial charge in [-0.2, -0.15) is 0 Å². The summed E-state index contributed by atoms with van der Waals surface area (Å²) in [4.78, 5) is 14.2. The normalized spacial score (nSPS) is 28.8. The molecule has 2 aliphatic heterocycles. The fourth-order valence-electron chi connectivity index (χ4n) is 3.14. The van der Waals surface area contributed by atoms with Crippen molar-refractivity contribution in [3.05, 3.63) is 35.9 Å². The van der Waals surface area contributed by atoms with E-state index in [1.54, 1.807) is 4.90 Å². The quantitative estimate of drug-likeness (QED) is 0.886. The summed E-state index contributed by atoms with van der Waals surface area (Å²) in [5, 5.41) is 3.21. The molecule has 1 N–H and O–H groups in total. The first-order valence-electron chi connectivity index (χ1n) is 7.33. The standard InChI is InChI=1S/C15H20N2O3S/c18-15-14(9-12-5-2-1-3-6-12)16-11-17(15)13-7-4-8-21(19,20)10-13/h1-3,5-6,13-14,16H,4,7-11H2. The van der Waals surface area contributed by atoms with Crippen LogP contribution in [-0.4, -0.2) is 49.5 Å². The number of hydrogen-bond donors (Lipinski definition) is 1. The van der Waals surface area contributed by atoms with Gasteiger partial charge in [0.2, 0.25) is 5.91 Å². The van der Waals surface area contributed by atoms with E-state index >= 15 is 0 Å². The largest absolute Gasteiger partial charge is 0.325 e. The molecule has 1 aromatic rings. The molecule has 0 bridgehead atoms. The summed E-state index contributed by atoms with van der Waals surface area (Å²) < 4.78 is 23.5. The fourth-order valence-corrected chi connectivity index (χ4v) is 4.84. The number of nitrogens with zero attached hydrogens (tertiary/aromatic N) is 1. The minimum atomic E-state index is -2.99. The number of benzene rings is 1. The maximum absolute atomic E-state index is 12.5. The SMILES string of the molecule is O=C1C(Cc2ccccc2)NCN1C1CCCS(=O)(=O)C1. The Morgan fingerprint density at radius 3 is 2.71 bits per heavy atom. The highest BCUT2D eigenvalue weighted by Gasteiger charge is 2.38. The Labute approximate surface area is 125 Å². The van der Waals surface area contributed by atoms with Crippen LogP contribution in [0.25, 0.3) is 0 Å². The molecule has 2 heterocycles. The van der Waals surface area contributed by atoms with E-state index in [1.165, 1.54) is 0 Å². The second-order valence-corrected chi connectivity index (χ2v) is 8.05. The van der Waals surface area contributed by atoms with Crippen molar-refractivity contribution in [3.63, 3.8) is 0 Å². The van der Waals surface area contributed by atoms with Crippen molar-refractivity contribution in [1.82, 2.24) is 10.2 Å². The first-order chi connectivity index (χ1) is 10.1. The molecule has 1 amide bonds. The average molecular weight is 308 g/mol. The van der Waals surface area contributed by atoms with Gasteiger partial charge in [0.25, 0.3) is 0 Å². The molecule has 5 nitrogen and oxygen atoms in total. The Hall–Kier alpha value is -1.40. The van der Waals surface area contributed by atoms with Crippen LogP contribution in [-0.2, 0) is 21.1 Å². The van der Waals surface area contributed by atoms with E-state index in [2.05, 4.69) is 5.32 Å². The number of carbonyl (C=O) groups is 1. The van der Waals surface area contributed by atoms with Gasteiger partial charge in [-0.3, -0.25) is 10.1 Å². The van der Waals surface area contributed by atoms with Gasteiger partial charge >= 0.3 is 0 Å². The highest BCUT2D eigenvalue weighted by atomic mass is 32.2. The first kappa shape index (κ1) is 14.5. The van der Waals surface area contributed by atoms with Crippen molar-refractivity contribution >= 4 is 15.7 Å². The monoisotopic (exact) mass is 308 g/mol. The van der Waals surface area contributed by atoms with Crippen molar-refractivity contribution in [1.29, 1.82) is 0 Å². The van der Waals surface area contributed by atoms with Gasteiger partial charge in [-0.05, 0) is 24.8 Å². The van der Waals surface area contributed by atoms with E-state index < -0.39 is 9.84 Å². The predicted octanol–water partition coefficient (Wildman–Crippen LogP) is 0.564. The first-order valence-corrected chi connectivity index (χ1v) is 9.15. The van der Waals surface area contributed by atoms with Crippen LogP contribution in [0.1, 0.15) is 18.4 Å². The molecule has 2 atom stereocenters. The van der Waals surface area contributed by atoms with Gasteiger partial charge in [-0.15, -0.1) is 0 Å². The van der Waals surface area contributed by atoms with Crippen LogP contribution in [0.4, 0.5) is 0 Å². The van der Waals surface area contributed by atoms with Crippen molar-refractivity contribution in [2.45, 2.75) is 31.3 Å². The molecule has 1 aromatic carbocycles. The van der Waals surface area contributed by atoms with Gasteiger partial charge in [-0.1, -0.05) is 30.3 Å². The third-order valence-electron chi connectivity index (χ3n) is 4.25. The van der Waals surface area contributed by atoms with Crippen LogP contribution in [0.5, 0.6) is 0 Å². The third kappa shape index (κ3) is 3.27. The number of nitrogens with one attached hydrogen (secondary N) is 1. The van der Waals surface area contributed by atoms with E-state index in [0.29, 0.717) is 19.5 Å². The summed E-state index contributed by atoms with van der Waals surface area (Å²) in [5.41, 5.74) is 1.11. The minimum absolute atomic E-state index is 0.0287. The number of rotatable bonds is 3. The van der Waals surface area contributed by atoms with Crippen LogP contribution in [0, 0.1) is 0 Å². The predicted molar refractivity (Wildman–Crippen MR) is 80.5 cm³/mol. The molecule has 3 rings (SSSR count). The number of sulfone groups is 1. The Bertz CT molecular complexity index is 615. The van der Waals surface area contributed by atoms with Gasteiger partial charge in [-0.25, -0.2) is 8.42 Å². The van der Waals surface area contributed by atoms with Crippen molar-refractivity contribution < 1.29 is 13.2 Å². The van der Waals surface area contributed by atoms with Crippen LogP contribution in [0.15, 0.2) is 30.3 Å². The van der Waals surface area contributed by atoms with Gasteiger partial charge in [0.05, 0.1) is 24.2 Å². The zero-order valence-corrected chi connectivity index (χ0v) is 12.7. The molecule has 114 valence electrons. The summed E-state index contributed by atoms with van der Waals surface area (Å²) in [7, 11) is -2.99. The molecule has 0 aliphatic carbocycles. The van der Waals surface area contributed by atoms with E-state index in [9.17, 15) is 13.2 Å². The smallest absolute Gasteiger partial charge is 0.241 e. The van der Waals surface area contributed by atoms with Crippen molar-refractivity contribution in [3.8, 4) is 0 Å². The van der Waals surface area contributed by atoms with Crippen molar-refractivity contribution in [2.24, 2.45) is 0 Å². The topological polar surface area (TPSA) is 66.5 Å². The lowest BCUT2D eigenvalue weighted by atomic mass is 10.1. The molecular weight excluding hydrogens is 288 g/mol. The maximum atomic E-state index is 12.5. The highest BCUT2D eigenvalue weighted by Crippen LogP contribution is 2.21. The molecule has 0 radical (unpaired) electrons. The summed E-state index contributed by atoms with van der Waals surface area (Å²) >= 11 is 0. The molecule has 2 unspecified atom stereocenters. The number of carbonyl (C=O) groups excluding carboxylic acids is 1. The Balaban J connectivity index is 1.66. The molecule has 2 saturated heterocycles. The van der Waals surface area contributed by atoms with Crippen LogP contribution < -0.4 is 5.32 Å². The minimum Gasteiger partial charge on any atom is -0.325 e. The van der Waals surface area contributed by atoms with Crippen LogP contribution >= 0.6 is 0 Å². The van der Waals surface area contributed by atoms with Gasteiger partial charge in [0.1, 0.15) is 0 Å². The molecule has 21 heavy (non-hydrogen) atoms. The summed E-state index contributed by atoms with van der Waals surface area (Å²) in [6.45, 7) is 0.455. The molecule has 0 spiro atoms. The van der Waals surface area contributed by atoms with Gasteiger partial charge in [0, 0.05) is 6.04 Å². The number of amides is 1. The van der Waals surface area contributed by atoms with Crippen molar-refractivity contribution in [2.75, 3.05) is 18.2 Å². The lowest BCUT2D eigenvalue weighted by Gasteiger charge is -2.30. The molecule has 0 saturated carbocycles. The zero-order chi connectivity index (χ0) is 14.9. The van der Waals surface area contributed by atoms with Crippen LogP contribution in [0.3, 0.4) is 0 Å². The fraction of sp³-hybridized carbons (Fsp3) is 0.533. The van der Waals surface area contributed by atoms with E-state index in [4.69, 9.17) is 0 Å². The van der Waals surface area contributed by atoms with E-state index in [1.807, 2.05) is 30.3 Å². The Morgan fingerprint density at radius 2 is 2.00 bits per heavy atom. The van der Waals surface area contributed by atoms with E-state index in [-0.39, 0.29) is 29.5 Å². The molecule has 2 fully saturated rings. The average Bonchev–Trinajstić information content (AvgIpc) is 2.80. The lowest BCUT2D eigenvalue weighted by Crippen LogP contribution is -2.45. The van der Waals surface area contributed by atoms with Gasteiger partial charge < -0.3 is 4.90 Å². The Kier molecular flexibility index (Phi) is 3.99. The molecule has 0 aromatic heterocycles. The number of hydrogen-bond acceptors (Lipinski definition) is 4. The second kappa shape index (κ2) is 5.77. The highest BCUT2D eigenvalue weighted by molar-refractivity contribution is 7.91. The lowest BCUT2D eigenvalue weighted by molar-refractivity contribution is -0.130. The summed E-state index contributed by atoms with van der Waals surface area (Å²) in [6.07, 6.45) is 2.08. The van der Waals surface area contributed by atoms with Gasteiger partial charge in [0.15, 0.2) is 9.84 Å². The molecule has 6 heteroatoms. The zero-order valence-electron chi connectivity index (χ0n) is 11.9. The second-order valence-electron chi connectivity index (χ2n) is 5.82. The molecule has 2 aliphatic rings.